The average Bonchev–Trinajstić information content (AvgIpc) is 2.92. The van der Waals surface area contributed by atoms with E-state index in [-0.39, 0.29) is 27.8 Å². The van der Waals surface area contributed by atoms with E-state index >= 15 is 0 Å². The van der Waals surface area contributed by atoms with Crippen molar-refractivity contribution in [1.29, 1.82) is 0 Å². The summed E-state index contributed by atoms with van der Waals surface area (Å²) in [5.74, 6) is 0.134. The normalized spacial score (nSPS) is 19.9. The van der Waals surface area contributed by atoms with Gasteiger partial charge in [-0.3, -0.25) is 9.59 Å². The van der Waals surface area contributed by atoms with Gasteiger partial charge in [-0.05, 0) is 84.0 Å². The molecule has 0 bridgehead atoms. The molecule has 0 heterocycles. The number of ketones is 2. The molecule has 1 spiro atoms. The van der Waals surface area contributed by atoms with Gasteiger partial charge in [-0.15, -0.1) is 0 Å². The van der Waals surface area contributed by atoms with Crippen molar-refractivity contribution in [2.75, 3.05) is 0 Å². The lowest BCUT2D eigenvalue weighted by molar-refractivity contribution is 0.100. The molecule has 0 amide bonds. The maximum absolute atomic E-state index is 12.3. The number of fused-ring (bicyclic) bond motifs is 4. The van der Waals surface area contributed by atoms with Gasteiger partial charge in [0.05, 0.1) is 0 Å². The number of Topliss-reactive ketones (excluding diaryl/α,β-unsaturated/α-hetero) is 2. The van der Waals surface area contributed by atoms with Crippen molar-refractivity contribution in [3.05, 3.63) is 66.6 Å². The van der Waals surface area contributed by atoms with Gasteiger partial charge in [-0.1, -0.05) is 59.6 Å². The molecule has 0 unspecified atom stereocenters. The number of hydrogen-bond acceptors (Lipinski definition) is 2. The monoisotopic (exact) mass is 516 g/mol. The van der Waals surface area contributed by atoms with Crippen LogP contribution in [0, 0.1) is 0 Å². The molecule has 2 aromatic rings. The molecule has 0 N–H and O–H groups in total. The molecule has 152 valence electrons. The first-order valence-electron chi connectivity index (χ1n) is 10.0. The van der Waals surface area contributed by atoms with Crippen LogP contribution in [0.2, 0.25) is 0 Å². The maximum atomic E-state index is 12.3. The first kappa shape index (κ1) is 21.0. The summed E-state index contributed by atoms with van der Waals surface area (Å²) in [6.07, 6.45) is 1.94. The Morgan fingerprint density at radius 3 is 1.34 bits per heavy atom. The maximum Gasteiger partial charge on any atom is 0.160 e. The highest BCUT2D eigenvalue weighted by Gasteiger charge is 2.56. The molecule has 0 fully saturated rings. The lowest BCUT2D eigenvalue weighted by Crippen LogP contribution is -2.27. The first-order chi connectivity index (χ1) is 13.3. The van der Waals surface area contributed by atoms with Crippen molar-refractivity contribution in [3.8, 4) is 0 Å². The number of carbonyl (C=O) groups is 2. The third-order valence-corrected chi connectivity index (χ3v) is 8.26. The van der Waals surface area contributed by atoms with Gasteiger partial charge in [-0.25, -0.2) is 0 Å². The van der Waals surface area contributed by atoms with Gasteiger partial charge in [0, 0.05) is 25.5 Å². The fourth-order valence-electron chi connectivity index (χ4n) is 5.89. The average molecular weight is 518 g/mol. The van der Waals surface area contributed by atoms with Crippen molar-refractivity contribution in [2.45, 2.75) is 70.6 Å². The van der Waals surface area contributed by atoms with Crippen LogP contribution in [-0.2, 0) is 16.2 Å². The summed E-state index contributed by atoms with van der Waals surface area (Å²) >= 11 is 7.24. The summed E-state index contributed by atoms with van der Waals surface area (Å²) in [5.41, 5.74) is 6.33. The summed E-state index contributed by atoms with van der Waals surface area (Å²) in [5, 5.41) is 0. The third-order valence-electron chi connectivity index (χ3n) is 6.95. The minimum Gasteiger partial charge on any atom is -0.294 e. The lowest BCUT2D eigenvalue weighted by Gasteiger charge is -2.31. The molecule has 2 nitrogen and oxygen atoms in total. The zero-order valence-corrected chi connectivity index (χ0v) is 21.0. The second kappa shape index (κ2) is 6.37. The molecule has 2 aliphatic rings. The summed E-state index contributed by atoms with van der Waals surface area (Å²) in [7, 11) is 0. The fourth-order valence-corrected chi connectivity index (χ4v) is 7.13. The van der Waals surface area contributed by atoms with Crippen LogP contribution in [0.3, 0.4) is 0 Å². The zero-order chi connectivity index (χ0) is 21.5. The van der Waals surface area contributed by atoms with Gasteiger partial charge in [0.25, 0.3) is 0 Å². The predicted octanol–water partition coefficient (Wildman–Crippen LogP) is 7.27. The van der Waals surface area contributed by atoms with Crippen LogP contribution in [0.1, 0.15) is 97.4 Å². The van der Waals surface area contributed by atoms with Crippen LogP contribution >= 0.6 is 31.9 Å². The van der Waals surface area contributed by atoms with Crippen molar-refractivity contribution < 1.29 is 9.59 Å². The highest BCUT2D eigenvalue weighted by molar-refractivity contribution is 9.10. The van der Waals surface area contributed by atoms with Gasteiger partial charge in [0.2, 0.25) is 0 Å². The van der Waals surface area contributed by atoms with E-state index < -0.39 is 0 Å². The Balaban J connectivity index is 2.09. The van der Waals surface area contributed by atoms with Crippen molar-refractivity contribution >= 4 is 43.4 Å². The number of halogens is 2. The van der Waals surface area contributed by atoms with Gasteiger partial charge < -0.3 is 0 Å². The smallest absolute Gasteiger partial charge is 0.160 e. The first-order valence-corrected chi connectivity index (χ1v) is 11.6. The second-order valence-corrected chi connectivity index (χ2v) is 11.8. The van der Waals surface area contributed by atoms with Crippen LogP contribution < -0.4 is 0 Å². The quantitative estimate of drug-likeness (QED) is 0.392. The topological polar surface area (TPSA) is 34.1 Å². The Morgan fingerprint density at radius 1 is 0.690 bits per heavy atom. The van der Waals surface area contributed by atoms with E-state index in [9.17, 15) is 9.59 Å². The lowest BCUT2D eigenvalue weighted by atomic mass is 9.72. The van der Waals surface area contributed by atoms with Gasteiger partial charge >= 0.3 is 0 Å². The predicted molar refractivity (Wildman–Crippen MR) is 124 cm³/mol. The Bertz CT molecular complexity index is 1000. The molecule has 0 atom stereocenters. The molecule has 2 aliphatic carbocycles. The molecule has 0 saturated carbocycles. The molecule has 0 aliphatic heterocycles. The Labute approximate surface area is 189 Å². The van der Waals surface area contributed by atoms with Crippen LogP contribution in [-0.4, -0.2) is 11.6 Å². The van der Waals surface area contributed by atoms with E-state index in [0.717, 1.165) is 32.9 Å². The molecular weight excluding hydrogens is 492 g/mol. The Kier molecular flexibility index (Phi) is 4.61. The molecule has 29 heavy (non-hydrogen) atoms. The number of rotatable bonds is 2. The van der Waals surface area contributed by atoms with E-state index in [4.69, 9.17) is 0 Å². The van der Waals surface area contributed by atoms with Gasteiger partial charge in [-0.2, -0.15) is 0 Å². The van der Waals surface area contributed by atoms with Crippen LogP contribution in [0.5, 0.6) is 0 Å². The second-order valence-electron chi connectivity index (χ2n) is 10.1. The molecule has 0 saturated heterocycles. The van der Waals surface area contributed by atoms with Crippen molar-refractivity contribution in [2.24, 2.45) is 0 Å². The minimum absolute atomic E-state index is 0.0195. The van der Waals surface area contributed by atoms with E-state index in [2.05, 4.69) is 83.8 Å². The summed E-state index contributed by atoms with van der Waals surface area (Å²) < 4.78 is 1.73. The molecule has 4 heteroatoms. The summed E-state index contributed by atoms with van der Waals surface area (Å²) in [4.78, 5) is 24.6. The van der Waals surface area contributed by atoms with E-state index in [0.29, 0.717) is 0 Å². The third kappa shape index (κ3) is 2.93. The van der Waals surface area contributed by atoms with Crippen molar-refractivity contribution in [3.63, 3.8) is 0 Å². The Morgan fingerprint density at radius 2 is 1.03 bits per heavy atom. The van der Waals surface area contributed by atoms with E-state index in [1.807, 2.05) is 0 Å². The highest BCUT2D eigenvalue weighted by atomic mass is 79.9. The van der Waals surface area contributed by atoms with E-state index in [1.54, 1.807) is 13.8 Å². The van der Waals surface area contributed by atoms with Crippen molar-refractivity contribution in [1.82, 2.24) is 0 Å². The number of carbonyl (C=O) groups excluding carboxylic acids is 2. The van der Waals surface area contributed by atoms with E-state index in [1.165, 1.54) is 22.3 Å². The van der Waals surface area contributed by atoms with Crippen LogP contribution in [0.15, 0.2) is 33.2 Å². The standard InChI is InChI=1S/C25H26Br2O2/c1-13(28)15-7-19-17(9-21(15)26)23(3,4)11-25(19)12-24(5,6)18-10-22(27)16(14(2)29)8-20(18)25/h7-10H,11-12H2,1-6H3. The van der Waals surface area contributed by atoms with Gasteiger partial charge in [0.15, 0.2) is 11.6 Å². The number of benzene rings is 2. The Hall–Kier alpha value is -1.26. The number of hydrogen-bond donors (Lipinski definition) is 0. The largest absolute Gasteiger partial charge is 0.294 e. The molecule has 2 aromatic carbocycles. The summed E-state index contributed by atoms with van der Waals surface area (Å²) in [6, 6.07) is 8.52. The van der Waals surface area contributed by atoms with Gasteiger partial charge in [0.1, 0.15) is 0 Å². The zero-order valence-electron chi connectivity index (χ0n) is 17.8. The van der Waals surface area contributed by atoms with Crippen LogP contribution in [0.4, 0.5) is 0 Å². The minimum atomic E-state index is -0.187. The van der Waals surface area contributed by atoms with Crippen LogP contribution in [0.25, 0.3) is 0 Å². The molecule has 0 radical (unpaired) electrons. The molecule has 0 aromatic heterocycles. The highest BCUT2D eigenvalue weighted by Crippen LogP contribution is 2.63. The molecular formula is C25H26Br2O2. The fraction of sp³-hybridized carbons (Fsp3) is 0.440. The molecule has 4 rings (SSSR count). The SMILES string of the molecule is CC(=O)c1cc2c(cc1Br)C(C)(C)CC21CC(C)(C)c2cc(Br)c(C(C)=O)cc21. The summed E-state index contributed by atoms with van der Waals surface area (Å²) in [6.45, 7) is 12.4.